The van der Waals surface area contributed by atoms with Crippen LogP contribution in [0.1, 0.15) is 23.4 Å². The lowest BCUT2D eigenvalue weighted by atomic mass is 9.94. The van der Waals surface area contributed by atoms with Crippen molar-refractivity contribution in [3.63, 3.8) is 0 Å². The van der Waals surface area contributed by atoms with Gasteiger partial charge in [-0.25, -0.2) is 0 Å². The van der Waals surface area contributed by atoms with Crippen LogP contribution in [0.25, 0.3) is 0 Å². The van der Waals surface area contributed by atoms with E-state index < -0.39 is 4.92 Å². The molecule has 0 saturated carbocycles. The van der Waals surface area contributed by atoms with E-state index in [1.807, 2.05) is 4.90 Å². The Hall–Kier alpha value is -3.36. The number of carbonyl (C=O) groups is 2. The first kappa shape index (κ1) is 19.9. The number of hydrogen-bond donors (Lipinski definition) is 0. The molecule has 0 radical (unpaired) electrons. The molecule has 3 heterocycles. The molecule has 0 unspecified atom stereocenters. The van der Waals surface area contributed by atoms with E-state index in [1.165, 1.54) is 18.4 Å². The molecule has 0 aliphatic carbocycles. The fourth-order valence-electron chi connectivity index (χ4n) is 4.11. The maximum atomic E-state index is 12.9. The summed E-state index contributed by atoms with van der Waals surface area (Å²) in [4.78, 5) is 41.5. The van der Waals surface area contributed by atoms with E-state index in [0.717, 1.165) is 5.69 Å². The number of nitro benzene ring substituents is 1. The maximum absolute atomic E-state index is 12.9. The summed E-state index contributed by atoms with van der Waals surface area (Å²) in [6, 6.07) is 9.86. The van der Waals surface area contributed by atoms with Crippen LogP contribution in [-0.2, 0) is 4.79 Å². The normalized spacial score (nSPS) is 17.8. The predicted octanol–water partition coefficient (Wildman–Crippen LogP) is 2.39. The van der Waals surface area contributed by atoms with Crippen molar-refractivity contribution in [1.82, 2.24) is 9.80 Å². The van der Waals surface area contributed by atoms with Gasteiger partial charge < -0.3 is 19.1 Å². The molecule has 2 fully saturated rings. The summed E-state index contributed by atoms with van der Waals surface area (Å²) >= 11 is 0. The zero-order chi connectivity index (χ0) is 21.1. The Morgan fingerprint density at radius 2 is 1.60 bits per heavy atom. The van der Waals surface area contributed by atoms with Gasteiger partial charge in [-0.2, -0.15) is 0 Å². The topological polar surface area (TPSA) is 100 Å². The zero-order valence-corrected chi connectivity index (χ0v) is 16.6. The SMILES string of the molecule is O=C(c1ccco1)N1CCC(C(=O)N2CCN(c3ccc([N+](=O)[O-])cc3)CC2)CC1. The molecule has 2 aromatic rings. The molecule has 30 heavy (non-hydrogen) atoms. The van der Waals surface area contributed by atoms with Crippen molar-refractivity contribution in [1.29, 1.82) is 0 Å². The standard InChI is InChI=1S/C21H24N4O5/c26-20(16-7-9-23(10-8-16)21(27)19-2-1-15-30-19)24-13-11-22(12-14-24)17-3-5-18(6-4-17)25(28)29/h1-6,15-16H,7-14H2. The first-order valence-corrected chi connectivity index (χ1v) is 10.1. The van der Waals surface area contributed by atoms with Gasteiger partial charge >= 0.3 is 0 Å². The predicted molar refractivity (Wildman–Crippen MR) is 109 cm³/mol. The van der Waals surface area contributed by atoms with Crippen LogP contribution in [0.3, 0.4) is 0 Å². The van der Waals surface area contributed by atoms with E-state index in [9.17, 15) is 19.7 Å². The van der Waals surface area contributed by atoms with Crippen LogP contribution < -0.4 is 4.90 Å². The Morgan fingerprint density at radius 1 is 0.933 bits per heavy atom. The fraction of sp³-hybridized carbons (Fsp3) is 0.429. The first-order valence-electron chi connectivity index (χ1n) is 10.1. The number of rotatable bonds is 4. The summed E-state index contributed by atoms with van der Waals surface area (Å²) in [5.41, 5.74) is 1.00. The highest BCUT2D eigenvalue weighted by Gasteiger charge is 2.32. The van der Waals surface area contributed by atoms with Gasteiger partial charge in [0.2, 0.25) is 5.91 Å². The molecule has 0 N–H and O–H groups in total. The second-order valence-corrected chi connectivity index (χ2v) is 7.63. The molecule has 2 aliphatic heterocycles. The number of likely N-dealkylation sites (tertiary alicyclic amines) is 1. The van der Waals surface area contributed by atoms with Crippen LogP contribution in [0.4, 0.5) is 11.4 Å². The molecule has 0 spiro atoms. The Morgan fingerprint density at radius 3 is 2.17 bits per heavy atom. The number of hydrogen-bond acceptors (Lipinski definition) is 6. The van der Waals surface area contributed by atoms with Gasteiger partial charge in [0.1, 0.15) is 0 Å². The largest absolute Gasteiger partial charge is 0.459 e. The Kier molecular flexibility index (Phi) is 5.69. The molecule has 0 bridgehead atoms. The van der Waals surface area contributed by atoms with Gasteiger partial charge in [-0.1, -0.05) is 0 Å². The molecular weight excluding hydrogens is 388 g/mol. The molecule has 2 amide bonds. The van der Waals surface area contributed by atoms with Crippen LogP contribution >= 0.6 is 0 Å². The van der Waals surface area contributed by atoms with E-state index in [0.29, 0.717) is 57.9 Å². The van der Waals surface area contributed by atoms with Crippen LogP contribution in [0.5, 0.6) is 0 Å². The maximum Gasteiger partial charge on any atom is 0.289 e. The number of piperazine rings is 1. The quantitative estimate of drug-likeness (QED) is 0.565. The van der Waals surface area contributed by atoms with Crippen molar-refractivity contribution in [3.8, 4) is 0 Å². The molecule has 2 aliphatic rings. The first-order chi connectivity index (χ1) is 14.5. The van der Waals surface area contributed by atoms with Gasteiger partial charge in [0, 0.05) is 63.0 Å². The molecule has 158 valence electrons. The number of anilines is 1. The van der Waals surface area contributed by atoms with E-state index in [2.05, 4.69) is 4.90 Å². The molecule has 4 rings (SSSR count). The molecule has 1 aromatic heterocycles. The monoisotopic (exact) mass is 412 g/mol. The van der Waals surface area contributed by atoms with E-state index in [-0.39, 0.29) is 23.4 Å². The number of piperidine rings is 1. The molecular formula is C21H24N4O5. The van der Waals surface area contributed by atoms with E-state index >= 15 is 0 Å². The second-order valence-electron chi connectivity index (χ2n) is 7.63. The third kappa shape index (κ3) is 4.14. The number of furan rings is 1. The number of carbonyl (C=O) groups excluding carboxylic acids is 2. The van der Waals surface area contributed by atoms with E-state index in [4.69, 9.17) is 4.42 Å². The van der Waals surface area contributed by atoms with Crippen LogP contribution in [-0.4, -0.2) is 65.8 Å². The van der Waals surface area contributed by atoms with Gasteiger partial charge in [0.05, 0.1) is 11.2 Å². The molecule has 0 atom stereocenters. The van der Waals surface area contributed by atoms with Gasteiger partial charge in [-0.15, -0.1) is 0 Å². The smallest absolute Gasteiger partial charge is 0.289 e. The van der Waals surface area contributed by atoms with Crippen molar-refractivity contribution in [2.24, 2.45) is 5.92 Å². The van der Waals surface area contributed by atoms with Crippen LogP contribution in [0.15, 0.2) is 47.1 Å². The van der Waals surface area contributed by atoms with Crippen molar-refractivity contribution in [3.05, 3.63) is 58.5 Å². The van der Waals surface area contributed by atoms with Crippen molar-refractivity contribution in [2.45, 2.75) is 12.8 Å². The number of benzene rings is 1. The summed E-state index contributed by atoms with van der Waals surface area (Å²) in [7, 11) is 0. The van der Waals surface area contributed by atoms with Gasteiger partial charge in [-0.3, -0.25) is 19.7 Å². The minimum Gasteiger partial charge on any atom is -0.459 e. The van der Waals surface area contributed by atoms with Crippen LogP contribution in [0.2, 0.25) is 0 Å². The van der Waals surface area contributed by atoms with E-state index in [1.54, 1.807) is 29.2 Å². The fourth-order valence-corrected chi connectivity index (χ4v) is 4.11. The van der Waals surface area contributed by atoms with Crippen molar-refractivity contribution >= 4 is 23.2 Å². The number of nitro groups is 1. The summed E-state index contributed by atoms with van der Waals surface area (Å²) in [6.45, 7) is 3.75. The minimum atomic E-state index is -0.409. The summed E-state index contributed by atoms with van der Waals surface area (Å²) in [6.07, 6.45) is 2.81. The van der Waals surface area contributed by atoms with Crippen molar-refractivity contribution < 1.29 is 18.9 Å². The highest BCUT2D eigenvalue weighted by molar-refractivity contribution is 5.91. The highest BCUT2D eigenvalue weighted by atomic mass is 16.6. The Labute approximate surface area is 174 Å². The number of non-ortho nitro benzene ring substituents is 1. The number of amides is 2. The molecule has 1 aromatic carbocycles. The average molecular weight is 412 g/mol. The summed E-state index contributed by atoms with van der Waals surface area (Å²) < 4.78 is 5.18. The second kappa shape index (κ2) is 8.56. The Balaban J connectivity index is 1.26. The van der Waals surface area contributed by atoms with Gasteiger partial charge in [0.15, 0.2) is 5.76 Å². The summed E-state index contributed by atoms with van der Waals surface area (Å²) in [5, 5.41) is 10.8. The zero-order valence-electron chi connectivity index (χ0n) is 16.6. The molecule has 2 saturated heterocycles. The summed E-state index contributed by atoms with van der Waals surface area (Å²) in [5.74, 6) is 0.310. The van der Waals surface area contributed by atoms with Crippen molar-refractivity contribution in [2.75, 3.05) is 44.2 Å². The average Bonchev–Trinajstić information content (AvgIpc) is 3.33. The van der Waals surface area contributed by atoms with Crippen LogP contribution in [0, 0.1) is 16.0 Å². The lowest BCUT2D eigenvalue weighted by molar-refractivity contribution is -0.384. The minimum absolute atomic E-state index is 0.0587. The van der Waals surface area contributed by atoms with Gasteiger partial charge in [0.25, 0.3) is 11.6 Å². The molecule has 9 heteroatoms. The van der Waals surface area contributed by atoms with Gasteiger partial charge in [-0.05, 0) is 37.1 Å². The number of nitrogens with zero attached hydrogens (tertiary/aromatic N) is 4. The highest BCUT2D eigenvalue weighted by Crippen LogP contribution is 2.24. The lowest BCUT2D eigenvalue weighted by Gasteiger charge is -2.39. The third-order valence-corrected chi connectivity index (χ3v) is 5.88. The molecule has 9 nitrogen and oxygen atoms in total. The third-order valence-electron chi connectivity index (χ3n) is 5.88. The lowest BCUT2D eigenvalue weighted by Crippen LogP contribution is -2.52. The Bertz CT molecular complexity index is 896.